The summed E-state index contributed by atoms with van der Waals surface area (Å²) in [4.78, 5) is 0. The van der Waals surface area contributed by atoms with Crippen LogP contribution >= 0.6 is 0 Å². The second-order valence-corrected chi connectivity index (χ2v) is 4.53. The fourth-order valence-corrected chi connectivity index (χ4v) is 1.82. The third-order valence-electron chi connectivity index (χ3n) is 2.91. The van der Waals surface area contributed by atoms with Gasteiger partial charge in [0.05, 0.1) is 5.69 Å². The van der Waals surface area contributed by atoms with Gasteiger partial charge in [-0.3, -0.25) is 0 Å². The van der Waals surface area contributed by atoms with Gasteiger partial charge in [-0.15, -0.1) is 0 Å². The number of benzene rings is 1. The maximum Gasteiger partial charge on any atom is 0.167 e. The molecule has 0 radical (unpaired) electrons. The van der Waals surface area contributed by atoms with Crippen molar-refractivity contribution in [1.82, 2.24) is 5.16 Å². The van der Waals surface area contributed by atoms with Gasteiger partial charge in [0.1, 0.15) is 0 Å². The summed E-state index contributed by atoms with van der Waals surface area (Å²) in [6, 6.07) is 6.02. The van der Waals surface area contributed by atoms with Gasteiger partial charge in [0.25, 0.3) is 0 Å². The first-order valence-electron chi connectivity index (χ1n) is 5.12. The molecule has 0 atom stereocenters. The van der Waals surface area contributed by atoms with Gasteiger partial charge in [-0.2, -0.15) is 0 Å². The highest BCUT2D eigenvalue weighted by molar-refractivity contribution is 5.84. The van der Waals surface area contributed by atoms with E-state index in [4.69, 9.17) is 10.3 Å². The van der Waals surface area contributed by atoms with Gasteiger partial charge in [0.2, 0.25) is 0 Å². The molecule has 0 spiro atoms. The standard InChI is InChI=1S/C12H16N2O/c1-8-11-9(12(2,3)7-13)5-4-6-10(11)15-14-8/h4-6H,7,13H2,1-3H3. The Morgan fingerprint density at radius 2 is 2.13 bits per heavy atom. The SMILES string of the molecule is Cc1noc2cccc(C(C)(C)CN)c12. The van der Waals surface area contributed by atoms with Crippen LogP contribution in [0.1, 0.15) is 25.1 Å². The summed E-state index contributed by atoms with van der Waals surface area (Å²) >= 11 is 0. The summed E-state index contributed by atoms with van der Waals surface area (Å²) in [6.45, 7) is 6.83. The molecular formula is C12H16N2O. The van der Waals surface area contributed by atoms with E-state index in [9.17, 15) is 0 Å². The lowest BCUT2D eigenvalue weighted by atomic mass is 9.82. The van der Waals surface area contributed by atoms with Crippen LogP contribution in [-0.4, -0.2) is 11.7 Å². The second kappa shape index (κ2) is 3.35. The zero-order chi connectivity index (χ0) is 11.1. The fraction of sp³-hybridized carbons (Fsp3) is 0.417. The van der Waals surface area contributed by atoms with E-state index in [1.54, 1.807) is 0 Å². The van der Waals surface area contributed by atoms with E-state index in [0.29, 0.717) is 6.54 Å². The van der Waals surface area contributed by atoms with Crippen LogP contribution in [-0.2, 0) is 5.41 Å². The van der Waals surface area contributed by atoms with Crippen molar-refractivity contribution in [3.05, 3.63) is 29.5 Å². The smallest absolute Gasteiger partial charge is 0.167 e. The molecule has 3 heteroatoms. The van der Waals surface area contributed by atoms with Crippen LogP contribution in [0, 0.1) is 6.92 Å². The Kier molecular flexibility index (Phi) is 2.27. The number of rotatable bonds is 2. The monoisotopic (exact) mass is 204 g/mol. The third kappa shape index (κ3) is 1.53. The molecule has 2 N–H and O–H groups in total. The predicted molar refractivity (Wildman–Crippen MR) is 60.8 cm³/mol. The highest BCUT2D eigenvalue weighted by Gasteiger charge is 2.23. The van der Waals surface area contributed by atoms with Gasteiger partial charge in [0, 0.05) is 17.3 Å². The Morgan fingerprint density at radius 1 is 1.40 bits per heavy atom. The number of aromatic nitrogens is 1. The molecule has 0 aliphatic carbocycles. The predicted octanol–water partition coefficient (Wildman–Crippen LogP) is 2.37. The summed E-state index contributed by atoms with van der Waals surface area (Å²) in [7, 11) is 0. The molecule has 1 aromatic carbocycles. The Labute approximate surface area is 89.2 Å². The van der Waals surface area contributed by atoms with Gasteiger partial charge in [-0.05, 0) is 18.6 Å². The zero-order valence-electron chi connectivity index (χ0n) is 9.37. The molecule has 0 unspecified atom stereocenters. The van der Waals surface area contributed by atoms with Crippen LogP contribution in [0.25, 0.3) is 11.0 Å². The lowest BCUT2D eigenvalue weighted by Gasteiger charge is -2.23. The van der Waals surface area contributed by atoms with Crippen molar-refractivity contribution >= 4 is 11.0 Å². The van der Waals surface area contributed by atoms with Crippen molar-refractivity contribution in [2.24, 2.45) is 5.73 Å². The lowest BCUT2D eigenvalue weighted by molar-refractivity contribution is 0.450. The van der Waals surface area contributed by atoms with Crippen LogP contribution in [0.3, 0.4) is 0 Å². The molecule has 15 heavy (non-hydrogen) atoms. The van der Waals surface area contributed by atoms with Crippen LogP contribution in [0.15, 0.2) is 22.7 Å². The van der Waals surface area contributed by atoms with E-state index >= 15 is 0 Å². The van der Waals surface area contributed by atoms with E-state index in [-0.39, 0.29) is 5.41 Å². The number of nitrogens with two attached hydrogens (primary N) is 1. The highest BCUT2D eigenvalue weighted by Crippen LogP contribution is 2.31. The normalized spacial score (nSPS) is 12.3. The van der Waals surface area contributed by atoms with Crippen LogP contribution in [0.5, 0.6) is 0 Å². The maximum absolute atomic E-state index is 5.80. The zero-order valence-corrected chi connectivity index (χ0v) is 9.37. The summed E-state index contributed by atoms with van der Waals surface area (Å²) in [5.74, 6) is 0. The lowest BCUT2D eigenvalue weighted by Crippen LogP contribution is -2.28. The topological polar surface area (TPSA) is 52.0 Å². The third-order valence-corrected chi connectivity index (χ3v) is 2.91. The molecule has 2 aromatic rings. The van der Waals surface area contributed by atoms with Crippen molar-refractivity contribution in [2.45, 2.75) is 26.2 Å². The average molecular weight is 204 g/mol. The Balaban J connectivity index is 2.75. The molecule has 3 nitrogen and oxygen atoms in total. The van der Waals surface area contributed by atoms with Crippen LogP contribution < -0.4 is 5.73 Å². The first kappa shape index (κ1) is 10.2. The van der Waals surface area contributed by atoms with Crippen molar-refractivity contribution < 1.29 is 4.52 Å². The van der Waals surface area contributed by atoms with Gasteiger partial charge in [0.15, 0.2) is 5.58 Å². The van der Waals surface area contributed by atoms with Crippen molar-refractivity contribution in [2.75, 3.05) is 6.54 Å². The largest absolute Gasteiger partial charge is 0.356 e. The van der Waals surface area contributed by atoms with Crippen LogP contribution in [0.4, 0.5) is 0 Å². The number of nitrogens with zero attached hydrogens (tertiary/aromatic N) is 1. The molecule has 0 saturated carbocycles. The molecule has 80 valence electrons. The molecule has 0 aliphatic heterocycles. The van der Waals surface area contributed by atoms with Crippen molar-refractivity contribution in [1.29, 1.82) is 0 Å². The van der Waals surface area contributed by atoms with Crippen LogP contribution in [0.2, 0.25) is 0 Å². The first-order chi connectivity index (χ1) is 7.06. The van der Waals surface area contributed by atoms with Gasteiger partial charge < -0.3 is 10.3 Å². The summed E-state index contributed by atoms with van der Waals surface area (Å²) in [6.07, 6.45) is 0. The second-order valence-electron chi connectivity index (χ2n) is 4.53. The molecule has 0 amide bonds. The number of aryl methyl sites for hydroxylation is 1. The number of hydrogen-bond acceptors (Lipinski definition) is 3. The molecule has 2 rings (SSSR count). The molecule has 0 bridgehead atoms. The van der Waals surface area contributed by atoms with Crippen molar-refractivity contribution in [3.8, 4) is 0 Å². The molecule has 1 heterocycles. The number of fused-ring (bicyclic) bond motifs is 1. The summed E-state index contributed by atoms with van der Waals surface area (Å²) < 4.78 is 5.24. The molecule has 0 aliphatic rings. The van der Waals surface area contributed by atoms with E-state index in [1.165, 1.54) is 5.56 Å². The highest BCUT2D eigenvalue weighted by atomic mass is 16.5. The van der Waals surface area contributed by atoms with Gasteiger partial charge in [-0.1, -0.05) is 31.1 Å². The minimum Gasteiger partial charge on any atom is -0.356 e. The minimum absolute atomic E-state index is 0.0458. The summed E-state index contributed by atoms with van der Waals surface area (Å²) in [5, 5.41) is 5.09. The van der Waals surface area contributed by atoms with Crippen molar-refractivity contribution in [3.63, 3.8) is 0 Å². The minimum atomic E-state index is -0.0458. The Hall–Kier alpha value is -1.35. The number of hydrogen-bond donors (Lipinski definition) is 1. The van der Waals surface area contributed by atoms with E-state index < -0.39 is 0 Å². The van der Waals surface area contributed by atoms with Gasteiger partial charge in [-0.25, -0.2) is 0 Å². The van der Waals surface area contributed by atoms with Gasteiger partial charge >= 0.3 is 0 Å². The quantitative estimate of drug-likeness (QED) is 0.817. The Morgan fingerprint density at radius 3 is 2.80 bits per heavy atom. The summed E-state index contributed by atoms with van der Waals surface area (Å²) in [5.41, 5.74) is 8.73. The average Bonchev–Trinajstić information content (AvgIpc) is 2.60. The molecule has 1 aromatic heterocycles. The first-order valence-corrected chi connectivity index (χ1v) is 5.12. The maximum atomic E-state index is 5.80. The molecule has 0 saturated heterocycles. The van der Waals surface area contributed by atoms with E-state index in [0.717, 1.165) is 16.7 Å². The van der Waals surface area contributed by atoms with E-state index in [2.05, 4.69) is 25.1 Å². The Bertz CT molecular complexity index is 485. The molecule has 0 fully saturated rings. The van der Waals surface area contributed by atoms with E-state index in [1.807, 2.05) is 19.1 Å². The molecular weight excluding hydrogens is 188 g/mol. The fourth-order valence-electron chi connectivity index (χ4n) is 1.82.